The first kappa shape index (κ1) is 18.8. The number of aryl methyl sites for hydroxylation is 2. The Morgan fingerprint density at radius 3 is 2.50 bits per heavy atom. The van der Waals surface area contributed by atoms with Crippen LogP contribution >= 0.6 is 34.8 Å². The number of carbonyl (C=O) groups is 1. The van der Waals surface area contributed by atoms with Gasteiger partial charge in [-0.15, -0.1) is 0 Å². The second kappa shape index (κ2) is 8.12. The van der Waals surface area contributed by atoms with E-state index in [1.165, 1.54) is 0 Å². The summed E-state index contributed by atoms with van der Waals surface area (Å²) in [4.78, 5) is 12.1. The molecular formula is C17H16Cl3N5O. The van der Waals surface area contributed by atoms with E-state index in [1.807, 2.05) is 13.1 Å². The first-order valence-electron chi connectivity index (χ1n) is 7.87. The van der Waals surface area contributed by atoms with Crippen LogP contribution in [0.2, 0.25) is 15.1 Å². The van der Waals surface area contributed by atoms with Crippen molar-refractivity contribution in [1.29, 1.82) is 0 Å². The van der Waals surface area contributed by atoms with Gasteiger partial charge < -0.3 is 5.32 Å². The van der Waals surface area contributed by atoms with E-state index in [9.17, 15) is 4.79 Å². The summed E-state index contributed by atoms with van der Waals surface area (Å²) in [6.07, 6.45) is 5.51. The van der Waals surface area contributed by atoms with E-state index in [2.05, 4.69) is 15.5 Å². The van der Waals surface area contributed by atoms with E-state index in [0.29, 0.717) is 34.0 Å². The molecule has 3 aromatic rings. The number of hydrogen-bond donors (Lipinski definition) is 1. The number of carbonyl (C=O) groups excluding carboxylic acids is 1. The molecule has 1 amide bonds. The summed E-state index contributed by atoms with van der Waals surface area (Å²) in [5, 5.41) is 12.6. The fraction of sp³-hybridized carbons (Fsp3) is 0.235. The molecule has 0 aliphatic rings. The van der Waals surface area contributed by atoms with Crippen LogP contribution in [0.25, 0.3) is 0 Å². The van der Waals surface area contributed by atoms with Crippen molar-refractivity contribution >= 4 is 46.5 Å². The Hall–Kier alpha value is -2.02. The molecule has 0 spiro atoms. The van der Waals surface area contributed by atoms with Gasteiger partial charge in [-0.1, -0.05) is 40.9 Å². The number of nitrogens with one attached hydrogen (secondary N) is 1. The molecular weight excluding hydrogens is 397 g/mol. The SMILES string of the molecule is Cc1cnn(CCC(=O)Nc2nn(Cc3c(Cl)cccc3Cl)cc2Cl)c1. The van der Waals surface area contributed by atoms with Gasteiger partial charge in [-0.05, 0) is 24.6 Å². The van der Waals surface area contributed by atoms with E-state index in [4.69, 9.17) is 34.8 Å². The van der Waals surface area contributed by atoms with Gasteiger partial charge in [-0.25, -0.2) is 0 Å². The van der Waals surface area contributed by atoms with Crippen molar-refractivity contribution in [3.63, 3.8) is 0 Å². The molecule has 1 aromatic carbocycles. The summed E-state index contributed by atoms with van der Waals surface area (Å²) in [7, 11) is 0. The smallest absolute Gasteiger partial charge is 0.227 e. The number of anilines is 1. The summed E-state index contributed by atoms with van der Waals surface area (Å²) >= 11 is 18.5. The zero-order valence-corrected chi connectivity index (χ0v) is 16.2. The Balaban J connectivity index is 1.63. The maximum Gasteiger partial charge on any atom is 0.227 e. The van der Waals surface area contributed by atoms with Crippen LogP contribution in [0, 0.1) is 6.92 Å². The first-order valence-corrected chi connectivity index (χ1v) is 9.00. The predicted octanol–water partition coefficient (Wildman–Crippen LogP) is 4.43. The van der Waals surface area contributed by atoms with Gasteiger partial charge in [0.1, 0.15) is 5.02 Å². The van der Waals surface area contributed by atoms with Gasteiger partial charge >= 0.3 is 0 Å². The molecule has 26 heavy (non-hydrogen) atoms. The van der Waals surface area contributed by atoms with Crippen molar-refractivity contribution < 1.29 is 4.79 Å². The molecule has 6 nitrogen and oxygen atoms in total. The van der Waals surface area contributed by atoms with Crippen molar-refractivity contribution in [2.24, 2.45) is 0 Å². The fourth-order valence-electron chi connectivity index (χ4n) is 2.41. The summed E-state index contributed by atoms with van der Waals surface area (Å²) < 4.78 is 3.30. The van der Waals surface area contributed by atoms with Crippen molar-refractivity contribution in [3.05, 3.63) is 63.0 Å². The number of nitrogens with zero attached hydrogens (tertiary/aromatic N) is 4. The van der Waals surface area contributed by atoms with Crippen molar-refractivity contribution in [2.75, 3.05) is 5.32 Å². The van der Waals surface area contributed by atoms with Crippen LogP contribution in [-0.4, -0.2) is 25.5 Å². The number of benzene rings is 1. The average Bonchev–Trinajstić information content (AvgIpc) is 3.15. The number of rotatable bonds is 6. The number of amides is 1. The molecule has 0 atom stereocenters. The lowest BCUT2D eigenvalue weighted by Gasteiger charge is -2.07. The lowest BCUT2D eigenvalue weighted by Crippen LogP contribution is -2.15. The maximum atomic E-state index is 12.1. The Bertz CT molecular complexity index is 914. The summed E-state index contributed by atoms with van der Waals surface area (Å²) in [5.41, 5.74) is 1.78. The van der Waals surface area contributed by atoms with Crippen molar-refractivity contribution in [1.82, 2.24) is 19.6 Å². The molecule has 0 aliphatic carbocycles. The minimum atomic E-state index is -0.193. The minimum Gasteiger partial charge on any atom is -0.308 e. The monoisotopic (exact) mass is 411 g/mol. The number of aromatic nitrogens is 4. The molecule has 9 heteroatoms. The third kappa shape index (κ3) is 4.58. The molecule has 0 fully saturated rings. The maximum absolute atomic E-state index is 12.1. The van der Waals surface area contributed by atoms with Crippen LogP contribution < -0.4 is 5.32 Å². The number of hydrogen-bond acceptors (Lipinski definition) is 3. The molecule has 136 valence electrons. The lowest BCUT2D eigenvalue weighted by molar-refractivity contribution is -0.116. The molecule has 0 saturated carbocycles. The van der Waals surface area contributed by atoms with Crippen molar-refractivity contribution in [3.8, 4) is 0 Å². The van der Waals surface area contributed by atoms with Crippen molar-refractivity contribution in [2.45, 2.75) is 26.4 Å². The van der Waals surface area contributed by atoms with Gasteiger partial charge in [-0.2, -0.15) is 10.2 Å². The van der Waals surface area contributed by atoms with Gasteiger partial charge in [0, 0.05) is 41.0 Å². The molecule has 0 radical (unpaired) electrons. The zero-order valence-electron chi connectivity index (χ0n) is 13.9. The van der Waals surface area contributed by atoms with E-state index in [1.54, 1.807) is 40.0 Å². The zero-order chi connectivity index (χ0) is 18.7. The molecule has 0 bridgehead atoms. The molecule has 1 N–H and O–H groups in total. The van der Waals surface area contributed by atoms with Gasteiger partial charge in [0.05, 0.1) is 12.7 Å². The Morgan fingerprint density at radius 2 is 1.85 bits per heavy atom. The average molecular weight is 413 g/mol. The highest BCUT2D eigenvalue weighted by molar-refractivity contribution is 6.36. The third-order valence-electron chi connectivity index (χ3n) is 3.69. The van der Waals surface area contributed by atoms with Crippen LogP contribution in [0.15, 0.2) is 36.8 Å². The van der Waals surface area contributed by atoms with Gasteiger partial charge in [0.2, 0.25) is 5.91 Å². The predicted molar refractivity (Wildman–Crippen MR) is 103 cm³/mol. The summed E-state index contributed by atoms with van der Waals surface area (Å²) in [6.45, 7) is 2.77. The van der Waals surface area contributed by atoms with Gasteiger partial charge in [-0.3, -0.25) is 14.2 Å². The van der Waals surface area contributed by atoms with E-state index in [-0.39, 0.29) is 12.3 Å². The molecule has 0 unspecified atom stereocenters. The lowest BCUT2D eigenvalue weighted by atomic mass is 10.2. The summed E-state index contributed by atoms with van der Waals surface area (Å²) in [5.74, 6) is 0.109. The highest BCUT2D eigenvalue weighted by Crippen LogP contribution is 2.26. The van der Waals surface area contributed by atoms with Crippen LogP contribution in [0.3, 0.4) is 0 Å². The molecule has 0 saturated heterocycles. The largest absolute Gasteiger partial charge is 0.308 e. The van der Waals surface area contributed by atoms with E-state index >= 15 is 0 Å². The molecule has 3 rings (SSSR count). The Kier molecular flexibility index (Phi) is 5.86. The molecule has 0 aliphatic heterocycles. The standard InChI is InChI=1S/C17H16Cl3N5O/c1-11-7-21-24(8-11)6-5-16(26)22-17-15(20)10-25(23-17)9-12-13(18)3-2-4-14(12)19/h2-4,7-8,10H,5-6,9H2,1H3,(H,22,23,26). The third-order valence-corrected chi connectivity index (χ3v) is 4.67. The van der Waals surface area contributed by atoms with Crippen LogP contribution in [0.5, 0.6) is 0 Å². The normalized spacial score (nSPS) is 10.9. The second-order valence-corrected chi connectivity index (χ2v) is 7.02. The van der Waals surface area contributed by atoms with Gasteiger partial charge in [0.25, 0.3) is 0 Å². The first-order chi connectivity index (χ1) is 12.4. The Morgan fingerprint density at radius 1 is 1.12 bits per heavy atom. The highest BCUT2D eigenvalue weighted by Gasteiger charge is 2.13. The van der Waals surface area contributed by atoms with E-state index < -0.39 is 0 Å². The van der Waals surface area contributed by atoms with Crippen LogP contribution in [0.1, 0.15) is 17.5 Å². The van der Waals surface area contributed by atoms with Crippen LogP contribution in [-0.2, 0) is 17.9 Å². The quantitative estimate of drug-likeness (QED) is 0.651. The number of halogens is 3. The van der Waals surface area contributed by atoms with Gasteiger partial charge in [0.15, 0.2) is 5.82 Å². The fourth-order valence-corrected chi connectivity index (χ4v) is 3.12. The highest BCUT2D eigenvalue weighted by atomic mass is 35.5. The topological polar surface area (TPSA) is 64.7 Å². The second-order valence-electron chi connectivity index (χ2n) is 5.80. The van der Waals surface area contributed by atoms with Crippen LogP contribution in [0.4, 0.5) is 5.82 Å². The molecule has 2 heterocycles. The Labute approximate surface area is 165 Å². The summed E-state index contributed by atoms with van der Waals surface area (Å²) in [6, 6.07) is 5.29. The minimum absolute atomic E-state index is 0.193. The van der Waals surface area contributed by atoms with E-state index in [0.717, 1.165) is 11.1 Å². The molecule has 2 aromatic heterocycles.